The Labute approximate surface area is 113 Å². The molecule has 0 aromatic heterocycles. The van der Waals surface area contributed by atoms with E-state index in [-0.39, 0.29) is 17.3 Å². The van der Waals surface area contributed by atoms with Gasteiger partial charge >= 0.3 is 0 Å². The summed E-state index contributed by atoms with van der Waals surface area (Å²) in [5.74, 6) is -0.238. The van der Waals surface area contributed by atoms with E-state index in [4.69, 9.17) is 0 Å². The SMILES string of the molecule is Cc1cc(C(=O)N2CCNC(C)(C)C2)cc(C)c1F. The van der Waals surface area contributed by atoms with Crippen molar-refractivity contribution in [1.82, 2.24) is 10.2 Å². The fourth-order valence-electron chi connectivity index (χ4n) is 2.57. The molecule has 0 unspecified atom stereocenters. The zero-order valence-corrected chi connectivity index (χ0v) is 12.0. The van der Waals surface area contributed by atoms with Gasteiger partial charge in [-0.25, -0.2) is 4.39 Å². The quantitative estimate of drug-likeness (QED) is 0.844. The molecule has 0 aliphatic carbocycles. The average molecular weight is 264 g/mol. The molecule has 0 spiro atoms. The number of benzene rings is 1. The Kier molecular flexibility index (Phi) is 3.63. The Bertz CT molecular complexity index is 488. The highest BCUT2D eigenvalue weighted by Gasteiger charge is 2.29. The van der Waals surface area contributed by atoms with Gasteiger partial charge in [-0.05, 0) is 51.0 Å². The molecule has 1 aromatic carbocycles. The first-order valence-corrected chi connectivity index (χ1v) is 6.61. The molecule has 1 fully saturated rings. The molecule has 1 aromatic rings. The average Bonchev–Trinajstić information content (AvgIpc) is 2.33. The molecule has 0 radical (unpaired) electrons. The standard InChI is InChI=1S/C15H21FN2O/c1-10-7-12(8-11(2)13(10)16)14(19)18-6-5-17-15(3,4)9-18/h7-8,17H,5-6,9H2,1-4H3. The third-order valence-corrected chi connectivity index (χ3v) is 3.54. The summed E-state index contributed by atoms with van der Waals surface area (Å²) in [5.41, 5.74) is 1.56. The van der Waals surface area contributed by atoms with Gasteiger partial charge in [0.05, 0.1) is 0 Å². The molecule has 1 amide bonds. The smallest absolute Gasteiger partial charge is 0.253 e. The molecule has 4 heteroatoms. The number of halogens is 1. The maximum Gasteiger partial charge on any atom is 0.253 e. The van der Waals surface area contributed by atoms with Crippen molar-refractivity contribution in [3.05, 3.63) is 34.6 Å². The Morgan fingerprint density at radius 1 is 1.32 bits per heavy atom. The summed E-state index contributed by atoms with van der Waals surface area (Å²) in [6, 6.07) is 3.28. The van der Waals surface area contributed by atoms with Crippen molar-refractivity contribution in [3.63, 3.8) is 0 Å². The Hall–Kier alpha value is -1.42. The van der Waals surface area contributed by atoms with Crippen LogP contribution in [0.3, 0.4) is 0 Å². The second kappa shape index (κ2) is 4.93. The van der Waals surface area contributed by atoms with Crippen LogP contribution in [0.1, 0.15) is 35.3 Å². The largest absolute Gasteiger partial charge is 0.336 e. The van der Waals surface area contributed by atoms with Crippen LogP contribution >= 0.6 is 0 Å². The van der Waals surface area contributed by atoms with Crippen molar-refractivity contribution in [2.24, 2.45) is 0 Å². The normalized spacial score (nSPS) is 18.5. The minimum Gasteiger partial charge on any atom is -0.336 e. The van der Waals surface area contributed by atoms with Crippen molar-refractivity contribution >= 4 is 5.91 Å². The number of nitrogens with zero attached hydrogens (tertiary/aromatic N) is 1. The summed E-state index contributed by atoms with van der Waals surface area (Å²) in [5, 5.41) is 3.37. The molecule has 1 saturated heterocycles. The van der Waals surface area contributed by atoms with Gasteiger partial charge in [-0.2, -0.15) is 0 Å². The summed E-state index contributed by atoms with van der Waals surface area (Å²) in [6.45, 7) is 9.69. The van der Waals surface area contributed by atoms with E-state index in [9.17, 15) is 9.18 Å². The van der Waals surface area contributed by atoms with Crippen molar-refractivity contribution < 1.29 is 9.18 Å². The first-order valence-electron chi connectivity index (χ1n) is 6.61. The van der Waals surface area contributed by atoms with Gasteiger partial charge in [-0.3, -0.25) is 4.79 Å². The molecular formula is C15H21FN2O. The molecule has 0 saturated carbocycles. The predicted octanol–water partition coefficient (Wildman–Crippen LogP) is 2.27. The first kappa shape index (κ1) is 14.0. The van der Waals surface area contributed by atoms with Gasteiger partial charge in [0.25, 0.3) is 5.91 Å². The number of amides is 1. The van der Waals surface area contributed by atoms with Gasteiger partial charge in [0.1, 0.15) is 5.82 Å². The molecule has 3 nitrogen and oxygen atoms in total. The number of carbonyl (C=O) groups excluding carboxylic acids is 1. The third kappa shape index (κ3) is 2.95. The van der Waals surface area contributed by atoms with E-state index in [1.165, 1.54) is 0 Å². The zero-order valence-electron chi connectivity index (χ0n) is 12.0. The van der Waals surface area contributed by atoms with Crippen LogP contribution in [-0.4, -0.2) is 36.0 Å². The summed E-state index contributed by atoms with van der Waals surface area (Å²) < 4.78 is 13.6. The fraction of sp³-hybridized carbons (Fsp3) is 0.533. The number of hydrogen-bond donors (Lipinski definition) is 1. The second-order valence-corrected chi connectivity index (χ2v) is 5.96. The van der Waals surface area contributed by atoms with E-state index in [0.29, 0.717) is 29.8 Å². The van der Waals surface area contributed by atoms with Crippen LogP contribution in [0, 0.1) is 19.7 Å². The van der Waals surface area contributed by atoms with Gasteiger partial charge in [0.2, 0.25) is 0 Å². The van der Waals surface area contributed by atoms with E-state index in [0.717, 1.165) is 6.54 Å². The highest BCUT2D eigenvalue weighted by Crippen LogP contribution is 2.18. The second-order valence-electron chi connectivity index (χ2n) is 5.96. The van der Waals surface area contributed by atoms with Gasteiger partial charge in [0.15, 0.2) is 0 Å². The Balaban J connectivity index is 2.25. The van der Waals surface area contributed by atoms with Crippen LogP contribution in [-0.2, 0) is 0 Å². The minimum atomic E-state index is -0.225. The highest BCUT2D eigenvalue weighted by molar-refractivity contribution is 5.94. The molecule has 0 bridgehead atoms. The summed E-state index contributed by atoms with van der Waals surface area (Å²) >= 11 is 0. The van der Waals surface area contributed by atoms with Gasteiger partial charge in [-0.1, -0.05) is 0 Å². The molecule has 104 valence electrons. The van der Waals surface area contributed by atoms with E-state index in [1.54, 1.807) is 26.0 Å². The number of piperazine rings is 1. The monoisotopic (exact) mass is 264 g/mol. The van der Waals surface area contributed by atoms with Crippen LogP contribution in [0.2, 0.25) is 0 Å². The lowest BCUT2D eigenvalue weighted by Crippen LogP contribution is -2.58. The van der Waals surface area contributed by atoms with Gasteiger partial charge in [0, 0.05) is 30.7 Å². The number of aryl methyl sites for hydroxylation is 2. The number of carbonyl (C=O) groups is 1. The van der Waals surface area contributed by atoms with Crippen molar-refractivity contribution in [1.29, 1.82) is 0 Å². The van der Waals surface area contributed by atoms with Crippen LogP contribution in [0.25, 0.3) is 0 Å². The Morgan fingerprint density at radius 2 is 1.89 bits per heavy atom. The third-order valence-electron chi connectivity index (χ3n) is 3.54. The van der Waals surface area contributed by atoms with Crippen molar-refractivity contribution in [2.45, 2.75) is 33.2 Å². The van der Waals surface area contributed by atoms with Gasteiger partial charge < -0.3 is 10.2 Å². The van der Waals surface area contributed by atoms with E-state index >= 15 is 0 Å². The lowest BCUT2D eigenvalue weighted by atomic mass is 10.0. The van der Waals surface area contributed by atoms with E-state index < -0.39 is 0 Å². The molecule has 1 aliphatic rings. The minimum absolute atomic E-state index is 0.0132. The van der Waals surface area contributed by atoms with Gasteiger partial charge in [-0.15, -0.1) is 0 Å². The topological polar surface area (TPSA) is 32.3 Å². The number of rotatable bonds is 1. The van der Waals surface area contributed by atoms with Crippen LogP contribution in [0.4, 0.5) is 4.39 Å². The van der Waals surface area contributed by atoms with E-state index in [1.807, 2.05) is 4.90 Å². The highest BCUT2D eigenvalue weighted by atomic mass is 19.1. The fourth-order valence-corrected chi connectivity index (χ4v) is 2.57. The molecular weight excluding hydrogens is 243 g/mol. The lowest BCUT2D eigenvalue weighted by molar-refractivity contribution is 0.0652. The number of hydrogen-bond acceptors (Lipinski definition) is 2. The molecule has 1 aliphatic heterocycles. The zero-order chi connectivity index (χ0) is 14.2. The Morgan fingerprint density at radius 3 is 2.42 bits per heavy atom. The van der Waals surface area contributed by atoms with Crippen LogP contribution < -0.4 is 5.32 Å². The van der Waals surface area contributed by atoms with Crippen LogP contribution in [0.5, 0.6) is 0 Å². The van der Waals surface area contributed by atoms with Crippen LogP contribution in [0.15, 0.2) is 12.1 Å². The van der Waals surface area contributed by atoms with Crippen molar-refractivity contribution in [2.75, 3.05) is 19.6 Å². The van der Waals surface area contributed by atoms with E-state index in [2.05, 4.69) is 19.2 Å². The lowest BCUT2D eigenvalue weighted by Gasteiger charge is -2.39. The summed E-state index contributed by atoms with van der Waals surface area (Å²) in [6.07, 6.45) is 0. The number of nitrogens with one attached hydrogen (secondary N) is 1. The molecule has 1 heterocycles. The molecule has 19 heavy (non-hydrogen) atoms. The first-order chi connectivity index (χ1) is 8.80. The van der Waals surface area contributed by atoms with Crippen molar-refractivity contribution in [3.8, 4) is 0 Å². The molecule has 0 atom stereocenters. The maximum atomic E-state index is 13.6. The predicted molar refractivity (Wildman–Crippen MR) is 73.9 cm³/mol. The summed E-state index contributed by atoms with van der Waals surface area (Å²) in [7, 11) is 0. The molecule has 1 N–H and O–H groups in total. The maximum absolute atomic E-state index is 13.6. The summed E-state index contributed by atoms with van der Waals surface area (Å²) in [4.78, 5) is 14.3. The molecule has 2 rings (SSSR count).